The fraction of sp³-hybridized carbons (Fsp3) is 0.676. The first-order valence-electron chi connectivity index (χ1n) is 14.9. The Balaban J connectivity index is 1.30. The Kier molecular flexibility index (Phi) is 7.27. The third kappa shape index (κ3) is 4.63. The van der Waals surface area contributed by atoms with Crippen LogP contribution in [-0.2, 0) is 4.74 Å². The predicted octanol–water partition coefficient (Wildman–Crippen LogP) is 9.03. The van der Waals surface area contributed by atoms with Gasteiger partial charge in [0.2, 0.25) is 0 Å². The third-order valence-electron chi connectivity index (χ3n) is 11.1. The number of benzene rings is 1. The number of hydrogen-bond donors (Lipinski definition) is 0. The SMILES string of the molecule is CC(C)CCC[C@@H](C)[C@@H]1CC[C@@H]2[C@H]3C=CC4=C[C@@H](OC(=O)c5ccccc5)CC[C@]4(C)[C@@H]3CC[C@]21C. The molecule has 4 aliphatic rings. The summed E-state index contributed by atoms with van der Waals surface area (Å²) in [6, 6.07) is 9.41. The molecule has 1 aromatic rings. The molecule has 0 saturated heterocycles. The highest BCUT2D eigenvalue weighted by Crippen LogP contribution is 2.66. The summed E-state index contributed by atoms with van der Waals surface area (Å²) in [6.07, 6.45) is 19.0. The number of fused-ring (bicyclic) bond motifs is 5. The Bertz CT molecular complexity index is 990. The molecule has 2 fully saturated rings. The summed E-state index contributed by atoms with van der Waals surface area (Å²) in [6.45, 7) is 12.4. The maximum Gasteiger partial charge on any atom is 0.338 e. The summed E-state index contributed by atoms with van der Waals surface area (Å²) >= 11 is 0. The molecular weight excluding hydrogens is 440 g/mol. The van der Waals surface area contributed by atoms with E-state index in [1.807, 2.05) is 30.3 Å². The fourth-order valence-corrected chi connectivity index (χ4v) is 9.02. The van der Waals surface area contributed by atoms with Gasteiger partial charge in [-0.05, 0) is 109 Å². The molecule has 1 aromatic carbocycles. The first-order chi connectivity index (χ1) is 17.2. The van der Waals surface area contributed by atoms with Crippen molar-refractivity contribution in [2.75, 3.05) is 0 Å². The lowest BCUT2D eigenvalue weighted by molar-refractivity contribution is -0.0316. The lowest BCUT2D eigenvalue weighted by atomic mass is 9.48. The second kappa shape index (κ2) is 10.1. The molecule has 0 N–H and O–H groups in total. The minimum atomic E-state index is -0.202. The zero-order valence-corrected chi connectivity index (χ0v) is 23.3. The van der Waals surface area contributed by atoms with Gasteiger partial charge < -0.3 is 4.74 Å². The van der Waals surface area contributed by atoms with E-state index in [9.17, 15) is 4.79 Å². The standard InChI is InChI=1S/C34H48O2/c1-23(2)10-9-11-24(3)29-16-17-30-28-15-14-26-22-27(36-32(35)25-12-7-6-8-13-25)18-20-33(26,4)31(28)19-21-34(29,30)5/h6-8,12-15,22-24,27-31H,9-11,16-21H2,1-5H3/t24-,27+,28-,29+,30-,31-,33+,34+/m1/s1. The van der Waals surface area contributed by atoms with Gasteiger partial charge in [0.05, 0.1) is 5.56 Å². The number of esters is 1. The maximum atomic E-state index is 12.7. The molecule has 2 heteroatoms. The minimum absolute atomic E-state index is 0.113. The highest BCUT2D eigenvalue weighted by atomic mass is 16.5. The van der Waals surface area contributed by atoms with Gasteiger partial charge in [0, 0.05) is 0 Å². The summed E-state index contributed by atoms with van der Waals surface area (Å²) in [5, 5.41) is 0. The monoisotopic (exact) mass is 488 g/mol. The smallest absolute Gasteiger partial charge is 0.338 e. The second-order valence-electron chi connectivity index (χ2n) is 13.6. The summed E-state index contributed by atoms with van der Waals surface area (Å²) in [7, 11) is 0. The minimum Gasteiger partial charge on any atom is -0.455 e. The van der Waals surface area contributed by atoms with E-state index in [2.05, 4.69) is 52.8 Å². The second-order valence-corrected chi connectivity index (χ2v) is 13.6. The van der Waals surface area contributed by atoms with Crippen LogP contribution in [0.2, 0.25) is 0 Å². The zero-order chi connectivity index (χ0) is 25.5. The quantitative estimate of drug-likeness (QED) is 0.358. The van der Waals surface area contributed by atoms with Crippen LogP contribution in [0.3, 0.4) is 0 Å². The molecule has 0 unspecified atom stereocenters. The average Bonchev–Trinajstić information content (AvgIpc) is 3.22. The average molecular weight is 489 g/mol. The van der Waals surface area contributed by atoms with Crippen LogP contribution in [-0.4, -0.2) is 12.1 Å². The fourth-order valence-electron chi connectivity index (χ4n) is 9.02. The van der Waals surface area contributed by atoms with Crippen molar-refractivity contribution in [1.29, 1.82) is 0 Å². The van der Waals surface area contributed by atoms with Gasteiger partial charge in [-0.15, -0.1) is 0 Å². The van der Waals surface area contributed by atoms with E-state index in [0.717, 1.165) is 42.4 Å². The largest absolute Gasteiger partial charge is 0.455 e. The molecule has 5 rings (SSSR count). The van der Waals surface area contributed by atoms with Crippen molar-refractivity contribution >= 4 is 5.97 Å². The Morgan fingerprint density at radius 1 is 0.972 bits per heavy atom. The Labute approximate surface area is 220 Å². The third-order valence-corrected chi connectivity index (χ3v) is 11.1. The topological polar surface area (TPSA) is 26.3 Å². The molecule has 0 heterocycles. The van der Waals surface area contributed by atoms with Crippen LogP contribution in [0.1, 0.15) is 103 Å². The number of rotatable bonds is 7. The van der Waals surface area contributed by atoms with Gasteiger partial charge >= 0.3 is 5.97 Å². The van der Waals surface area contributed by atoms with E-state index in [4.69, 9.17) is 4.74 Å². The normalized spacial score (nSPS) is 38.1. The predicted molar refractivity (Wildman–Crippen MR) is 149 cm³/mol. The molecule has 4 aliphatic carbocycles. The van der Waals surface area contributed by atoms with Gasteiger partial charge in [-0.2, -0.15) is 0 Å². The number of hydrogen-bond acceptors (Lipinski definition) is 2. The Morgan fingerprint density at radius 2 is 1.75 bits per heavy atom. The molecule has 36 heavy (non-hydrogen) atoms. The maximum absolute atomic E-state index is 12.7. The van der Waals surface area contributed by atoms with Crippen molar-refractivity contribution in [3.8, 4) is 0 Å². The molecule has 2 saturated carbocycles. The summed E-state index contributed by atoms with van der Waals surface area (Å²) in [5.74, 6) is 4.64. The summed E-state index contributed by atoms with van der Waals surface area (Å²) in [4.78, 5) is 12.7. The van der Waals surface area contributed by atoms with Crippen LogP contribution >= 0.6 is 0 Å². The van der Waals surface area contributed by atoms with Gasteiger partial charge in [-0.3, -0.25) is 0 Å². The molecule has 0 spiro atoms. The number of ether oxygens (including phenoxy) is 1. The van der Waals surface area contributed by atoms with E-state index in [-0.39, 0.29) is 17.5 Å². The van der Waals surface area contributed by atoms with Gasteiger partial charge in [0.25, 0.3) is 0 Å². The van der Waals surface area contributed by atoms with Crippen molar-refractivity contribution in [2.24, 2.45) is 46.3 Å². The van der Waals surface area contributed by atoms with Gasteiger partial charge in [-0.1, -0.05) is 84.2 Å². The van der Waals surface area contributed by atoms with Gasteiger partial charge in [-0.25, -0.2) is 4.79 Å². The highest BCUT2D eigenvalue weighted by Gasteiger charge is 2.58. The Morgan fingerprint density at radius 3 is 2.50 bits per heavy atom. The molecule has 0 bridgehead atoms. The van der Waals surface area contributed by atoms with Gasteiger partial charge in [0.1, 0.15) is 6.10 Å². The van der Waals surface area contributed by atoms with Crippen LogP contribution in [0.15, 0.2) is 54.1 Å². The zero-order valence-electron chi connectivity index (χ0n) is 23.3. The Hall–Kier alpha value is -1.83. The number of carbonyl (C=O) groups is 1. The molecule has 2 nitrogen and oxygen atoms in total. The molecule has 0 aliphatic heterocycles. The number of carbonyl (C=O) groups excluding carboxylic acids is 1. The van der Waals surface area contributed by atoms with Crippen molar-refractivity contribution < 1.29 is 9.53 Å². The van der Waals surface area contributed by atoms with Crippen molar-refractivity contribution in [3.05, 3.63) is 59.7 Å². The highest BCUT2D eigenvalue weighted by molar-refractivity contribution is 5.89. The van der Waals surface area contributed by atoms with Crippen molar-refractivity contribution in [2.45, 2.75) is 98.5 Å². The van der Waals surface area contributed by atoms with E-state index >= 15 is 0 Å². The van der Waals surface area contributed by atoms with E-state index in [1.165, 1.54) is 50.5 Å². The molecule has 196 valence electrons. The van der Waals surface area contributed by atoms with Crippen LogP contribution < -0.4 is 0 Å². The first kappa shape index (κ1) is 25.8. The molecule has 0 aromatic heterocycles. The van der Waals surface area contributed by atoms with E-state index in [1.54, 1.807) is 0 Å². The lowest BCUT2D eigenvalue weighted by Crippen LogP contribution is -2.49. The summed E-state index contributed by atoms with van der Waals surface area (Å²) in [5.41, 5.74) is 2.78. The lowest BCUT2D eigenvalue weighted by Gasteiger charge is -2.57. The van der Waals surface area contributed by atoms with Crippen LogP contribution in [0.25, 0.3) is 0 Å². The molecular formula is C34H48O2. The molecule has 8 atom stereocenters. The van der Waals surface area contributed by atoms with Crippen LogP contribution in [0, 0.1) is 46.3 Å². The molecule has 0 amide bonds. The van der Waals surface area contributed by atoms with Crippen molar-refractivity contribution in [3.63, 3.8) is 0 Å². The van der Waals surface area contributed by atoms with Crippen molar-refractivity contribution in [1.82, 2.24) is 0 Å². The first-order valence-corrected chi connectivity index (χ1v) is 14.9. The number of allylic oxidation sites excluding steroid dienone is 3. The van der Waals surface area contributed by atoms with E-state index in [0.29, 0.717) is 16.9 Å². The van der Waals surface area contributed by atoms with Crippen LogP contribution in [0.5, 0.6) is 0 Å². The summed E-state index contributed by atoms with van der Waals surface area (Å²) < 4.78 is 5.93. The van der Waals surface area contributed by atoms with Gasteiger partial charge in [0.15, 0.2) is 0 Å². The molecule has 0 radical (unpaired) electrons. The van der Waals surface area contributed by atoms with E-state index < -0.39 is 0 Å². The van der Waals surface area contributed by atoms with Crippen LogP contribution in [0.4, 0.5) is 0 Å².